The van der Waals surface area contributed by atoms with Crippen molar-refractivity contribution in [2.24, 2.45) is 11.3 Å². The quantitative estimate of drug-likeness (QED) is 0.640. The highest BCUT2D eigenvalue weighted by atomic mass is 16.5. The first-order chi connectivity index (χ1) is 11.9. The third kappa shape index (κ3) is 3.36. The Morgan fingerprint density at radius 2 is 2.08 bits per heavy atom. The van der Waals surface area contributed by atoms with Crippen LogP contribution in [0.4, 0.5) is 0 Å². The highest BCUT2D eigenvalue weighted by Gasteiger charge is 2.51. The van der Waals surface area contributed by atoms with Gasteiger partial charge in [0.1, 0.15) is 0 Å². The molecule has 25 heavy (non-hydrogen) atoms. The van der Waals surface area contributed by atoms with Crippen LogP contribution in [0.25, 0.3) is 0 Å². The standard InChI is InChI=1S/C23H33NO/c1-17(2)18-7-9-20-19(15-18)8-10-21-22(3,16-25-14-6-13-24)11-5-12-23(20,21)4/h7,9,15,17,21H,5-6,8,10-12,14,16H2,1-4H3/t21-,22+,23+/m1/s1. The fraction of sp³-hybridized carbons (Fsp3) is 0.696. The van der Waals surface area contributed by atoms with Crippen molar-refractivity contribution in [2.45, 2.75) is 77.6 Å². The van der Waals surface area contributed by atoms with Crippen molar-refractivity contribution in [3.63, 3.8) is 0 Å². The molecule has 0 saturated heterocycles. The van der Waals surface area contributed by atoms with Gasteiger partial charge in [0.2, 0.25) is 0 Å². The average molecular weight is 340 g/mol. The first-order valence-electron chi connectivity index (χ1n) is 9.99. The van der Waals surface area contributed by atoms with Crippen LogP contribution in [0.3, 0.4) is 0 Å². The fourth-order valence-electron chi connectivity index (χ4n) is 5.60. The normalized spacial score (nSPS) is 31.3. The Kier molecular flexibility index (Phi) is 5.26. The van der Waals surface area contributed by atoms with Crippen LogP contribution in [0.5, 0.6) is 0 Å². The Labute approximate surface area is 153 Å². The maximum absolute atomic E-state index is 8.74. The number of ether oxygens (including phenoxy) is 1. The van der Waals surface area contributed by atoms with E-state index in [-0.39, 0.29) is 10.8 Å². The SMILES string of the molecule is CC(C)c1ccc2c(c1)CC[C@@H]1[C@](C)(COCCC#N)CCC[C@@]21C. The molecular formula is C23H33NO. The summed E-state index contributed by atoms with van der Waals surface area (Å²) in [6, 6.07) is 9.44. The van der Waals surface area contributed by atoms with Crippen LogP contribution in [0.15, 0.2) is 18.2 Å². The second kappa shape index (κ2) is 7.12. The number of hydrogen-bond acceptors (Lipinski definition) is 2. The van der Waals surface area contributed by atoms with Gasteiger partial charge in [0.25, 0.3) is 0 Å². The molecule has 2 nitrogen and oxygen atoms in total. The molecule has 0 heterocycles. The Morgan fingerprint density at radius 1 is 1.28 bits per heavy atom. The zero-order chi connectivity index (χ0) is 18.1. The van der Waals surface area contributed by atoms with E-state index in [1.54, 1.807) is 11.1 Å². The van der Waals surface area contributed by atoms with E-state index in [4.69, 9.17) is 10.00 Å². The Hall–Kier alpha value is -1.33. The minimum atomic E-state index is 0.233. The first-order valence-corrected chi connectivity index (χ1v) is 9.99. The van der Waals surface area contributed by atoms with Crippen molar-refractivity contribution >= 4 is 0 Å². The molecule has 0 aromatic heterocycles. The molecule has 136 valence electrons. The minimum Gasteiger partial charge on any atom is -0.380 e. The van der Waals surface area contributed by atoms with Gasteiger partial charge in [-0.1, -0.05) is 52.3 Å². The second-order valence-corrected chi connectivity index (χ2v) is 9.05. The van der Waals surface area contributed by atoms with Crippen molar-refractivity contribution in [2.75, 3.05) is 13.2 Å². The number of benzene rings is 1. The van der Waals surface area contributed by atoms with Crippen molar-refractivity contribution in [1.82, 2.24) is 0 Å². The molecule has 1 fully saturated rings. The topological polar surface area (TPSA) is 33.0 Å². The molecule has 2 aliphatic rings. The molecule has 0 N–H and O–H groups in total. The maximum Gasteiger partial charge on any atom is 0.0645 e. The minimum absolute atomic E-state index is 0.233. The van der Waals surface area contributed by atoms with E-state index in [0.717, 1.165) is 6.61 Å². The molecule has 0 radical (unpaired) electrons. The molecule has 1 aromatic carbocycles. The smallest absolute Gasteiger partial charge is 0.0645 e. The van der Waals surface area contributed by atoms with Gasteiger partial charge in [-0.2, -0.15) is 5.26 Å². The number of aryl methyl sites for hydroxylation is 1. The van der Waals surface area contributed by atoms with Crippen LogP contribution in [-0.2, 0) is 16.6 Å². The molecule has 0 amide bonds. The van der Waals surface area contributed by atoms with E-state index in [1.807, 2.05) is 0 Å². The van der Waals surface area contributed by atoms with Crippen LogP contribution in [0.2, 0.25) is 0 Å². The third-order valence-corrected chi connectivity index (χ3v) is 6.96. The monoisotopic (exact) mass is 339 g/mol. The van der Waals surface area contributed by atoms with Crippen molar-refractivity contribution in [1.29, 1.82) is 5.26 Å². The number of nitriles is 1. The fourth-order valence-corrected chi connectivity index (χ4v) is 5.60. The molecule has 1 saturated carbocycles. The molecule has 0 aliphatic heterocycles. The lowest BCUT2D eigenvalue weighted by molar-refractivity contribution is -0.0451. The Bertz CT molecular complexity index is 659. The zero-order valence-electron chi connectivity index (χ0n) is 16.4. The highest BCUT2D eigenvalue weighted by Crippen LogP contribution is 2.57. The largest absolute Gasteiger partial charge is 0.380 e. The molecule has 3 rings (SSSR count). The highest BCUT2D eigenvalue weighted by molar-refractivity contribution is 5.42. The van der Waals surface area contributed by atoms with Gasteiger partial charge in [0.05, 0.1) is 25.7 Å². The number of rotatable bonds is 5. The molecule has 0 unspecified atom stereocenters. The van der Waals surface area contributed by atoms with Gasteiger partial charge in [-0.25, -0.2) is 0 Å². The van der Waals surface area contributed by atoms with E-state index in [0.29, 0.717) is 24.9 Å². The Morgan fingerprint density at radius 3 is 2.80 bits per heavy atom. The summed E-state index contributed by atoms with van der Waals surface area (Å²) in [6.45, 7) is 10.9. The van der Waals surface area contributed by atoms with E-state index in [2.05, 4.69) is 52.0 Å². The lowest BCUT2D eigenvalue weighted by Crippen LogP contribution is -2.51. The van der Waals surface area contributed by atoms with Crippen molar-refractivity contribution in [3.8, 4) is 6.07 Å². The van der Waals surface area contributed by atoms with Crippen LogP contribution in [0, 0.1) is 22.7 Å². The average Bonchev–Trinajstić information content (AvgIpc) is 2.58. The molecule has 0 spiro atoms. The number of hydrogen-bond donors (Lipinski definition) is 0. The summed E-state index contributed by atoms with van der Waals surface area (Å²) >= 11 is 0. The second-order valence-electron chi connectivity index (χ2n) is 9.05. The lowest BCUT2D eigenvalue weighted by Gasteiger charge is -2.55. The number of fused-ring (bicyclic) bond motifs is 3. The third-order valence-electron chi connectivity index (χ3n) is 6.96. The molecule has 1 aromatic rings. The van der Waals surface area contributed by atoms with Crippen LogP contribution >= 0.6 is 0 Å². The molecule has 0 bridgehead atoms. The number of nitrogens with zero attached hydrogens (tertiary/aromatic N) is 1. The van der Waals surface area contributed by atoms with E-state index < -0.39 is 0 Å². The van der Waals surface area contributed by atoms with E-state index in [9.17, 15) is 0 Å². The summed E-state index contributed by atoms with van der Waals surface area (Å²) in [5.74, 6) is 1.27. The van der Waals surface area contributed by atoms with Gasteiger partial charge in [0.15, 0.2) is 0 Å². The summed E-state index contributed by atoms with van der Waals surface area (Å²) in [4.78, 5) is 0. The van der Waals surface area contributed by atoms with Gasteiger partial charge in [0, 0.05) is 0 Å². The lowest BCUT2D eigenvalue weighted by atomic mass is 9.50. The van der Waals surface area contributed by atoms with Gasteiger partial charge >= 0.3 is 0 Å². The Balaban J connectivity index is 1.87. The summed E-state index contributed by atoms with van der Waals surface area (Å²) in [5.41, 5.74) is 5.15. The van der Waals surface area contributed by atoms with Gasteiger partial charge < -0.3 is 4.74 Å². The van der Waals surface area contributed by atoms with Gasteiger partial charge in [-0.3, -0.25) is 0 Å². The van der Waals surface area contributed by atoms with Crippen LogP contribution in [-0.4, -0.2) is 13.2 Å². The van der Waals surface area contributed by atoms with Crippen molar-refractivity contribution in [3.05, 3.63) is 34.9 Å². The van der Waals surface area contributed by atoms with Crippen molar-refractivity contribution < 1.29 is 4.74 Å². The van der Waals surface area contributed by atoms with Crippen LogP contribution in [0.1, 0.15) is 82.4 Å². The predicted molar refractivity (Wildman–Crippen MR) is 103 cm³/mol. The summed E-state index contributed by atoms with van der Waals surface area (Å²) in [7, 11) is 0. The van der Waals surface area contributed by atoms with Gasteiger partial charge in [-0.05, 0) is 65.0 Å². The maximum atomic E-state index is 8.74. The molecule has 2 heteroatoms. The predicted octanol–water partition coefficient (Wildman–Crippen LogP) is 5.75. The molecular weight excluding hydrogens is 306 g/mol. The summed E-state index contributed by atoms with van der Waals surface area (Å²) in [6.07, 6.45) is 6.78. The van der Waals surface area contributed by atoms with Gasteiger partial charge in [-0.15, -0.1) is 0 Å². The van der Waals surface area contributed by atoms with E-state index >= 15 is 0 Å². The summed E-state index contributed by atoms with van der Waals surface area (Å²) < 4.78 is 5.93. The molecule has 3 atom stereocenters. The first kappa shape index (κ1) is 18.5. The molecule has 2 aliphatic carbocycles. The van der Waals surface area contributed by atoms with E-state index in [1.165, 1.54) is 37.7 Å². The zero-order valence-corrected chi connectivity index (χ0v) is 16.4. The summed E-state index contributed by atoms with van der Waals surface area (Å²) in [5, 5.41) is 8.74. The van der Waals surface area contributed by atoms with Crippen LogP contribution < -0.4 is 0 Å².